The van der Waals surface area contributed by atoms with Gasteiger partial charge >= 0.3 is 6.03 Å². The fourth-order valence-electron chi connectivity index (χ4n) is 2.26. The zero-order chi connectivity index (χ0) is 13.2. The summed E-state index contributed by atoms with van der Waals surface area (Å²) >= 11 is 0. The van der Waals surface area contributed by atoms with Gasteiger partial charge in [-0.15, -0.1) is 0 Å². The van der Waals surface area contributed by atoms with Crippen LogP contribution >= 0.6 is 0 Å². The number of nitrogens with two attached hydrogens (primary N) is 1. The molecule has 5 heteroatoms. The molecule has 1 aromatic rings. The van der Waals surface area contributed by atoms with Crippen LogP contribution in [-0.4, -0.2) is 18.5 Å². The van der Waals surface area contributed by atoms with Gasteiger partial charge in [0.1, 0.15) is 5.54 Å². The molecule has 96 valence electrons. The maximum atomic E-state index is 12.0. The maximum absolute atomic E-state index is 12.0. The third-order valence-electron chi connectivity index (χ3n) is 3.32. The fraction of sp³-hybridized carbons (Fsp3) is 0.385. The molecule has 0 spiro atoms. The van der Waals surface area contributed by atoms with E-state index in [9.17, 15) is 9.59 Å². The van der Waals surface area contributed by atoms with Gasteiger partial charge in [0.2, 0.25) is 0 Å². The van der Waals surface area contributed by atoms with Crippen molar-refractivity contribution in [1.29, 1.82) is 0 Å². The highest BCUT2D eigenvalue weighted by Gasteiger charge is 2.46. The molecule has 0 aliphatic carbocycles. The lowest BCUT2D eigenvalue weighted by atomic mass is 9.86. The minimum absolute atomic E-state index is 0.323. The van der Waals surface area contributed by atoms with Crippen molar-refractivity contribution in [1.82, 2.24) is 10.6 Å². The van der Waals surface area contributed by atoms with E-state index in [4.69, 9.17) is 5.73 Å². The first-order valence-corrected chi connectivity index (χ1v) is 6.05. The second-order valence-electron chi connectivity index (χ2n) is 4.40. The monoisotopic (exact) mass is 247 g/mol. The van der Waals surface area contributed by atoms with Crippen LogP contribution in [0.1, 0.15) is 24.5 Å². The Hall–Kier alpha value is -1.88. The third-order valence-corrected chi connectivity index (χ3v) is 3.32. The minimum atomic E-state index is -1.02. The van der Waals surface area contributed by atoms with Crippen molar-refractivity contribution in [2.75, 3.05) is 6.54 Å². The van der Waals surface area contributed by atoms with Gasteiger partial charge in [0.25, 0.3) is 5.91 Å². The number of benzene rings is 1. The van der Waals surface area contributed by atoms with Crippen molar-refractivity contribution < 1.29 is 9.59 Å². The molecule has 1 heterocycles. The molecule has 3 amide bonds. The van der Waals surface area contributed by atoms with Crippen LogP contribution in [0.25, 0.3) is 0 Å². The van der Waals surface area contributed by atoms with Crippen molar-refractivity contribution in [3.05, 3.63) is 35.4 Å². The lowest BCUT2D eigenvalue weighted by Gasteiger charge is -2.26. The van der Waals surface area contributed by atoms with Gasteiger partial charge in [-0.2, -0.15) is 0 Å². The zero-order valence-electron chi connectivity index (χ0n) is 10.3. The van der Waals surface area contributed by atoms with E-state index in [1.807, 2.05) is 24.3 Å². The van der Waals surface area contributed by atoms with Crippen molar-refractivity contribution in [2.24, 2.45) is 5.73 Å². The largest absolute Gasteiger partial charge is 0.330 e. The van der Waals surface area contributed by atoms with Crippen molar-refractivity contribution in [3.63, 3.8) is 0 Å². The van der Waals surface area contributed by atoms with E-state index in [-0.39, 0.29) is 5.91 Å². The number of imide groups is 1. The number of hydrogen-bond donors (Lipinski definition) is 3. The van der Waals surface area contributed by atoms with Gasteiger partial charge in [-0.3, -0.25) is 10.1 Å². The van der Waals surface area contributed by atoms with Gasteiger partial charge in [0.15, 0.2) is 0 Å². The highest BCUT2D eigenvalue weighted by atomic mass is 16.2. The number of carbonyl (C=O) groups excluding carboxylic acids is 2. The highest BCUT2D eigenvalue weighted by molar-refractivity contribution is 6.07. The minimum Gasteiger partial charge on any atom is -0.330 e. The van der Waals surface area contributed by atoms with Crippen LogP contribution in [0.4, 0.5) is 4.79 Å². The molecule has 0 radical (unpaired) electrons. The lowest BCUT2D eigenvalue weighted by molar-refractivity contribution is -0.124. The molecule has 1 atom stereocenters. The summed E-state index contributed by atoms with van der Waals surface area (Å²) in [7, 11) is 0. The Labute approximate surface area is 106 Å². The van der Waals surface area contributed by atoms with Gasteiger partial charge in [0, 0.05) is 0 Å². The van der Waals surface area contributed by atoms with Crippen LogP contribution < -0.4 is 16.4 Å². The van der Waals surface area contributed by atoms with Crippen LogP contribution in [0.15, 0.2) is 24.3 Å². The van der Waals surface area contributed by atoms with E-state index in [0.717, 1.165) is 12.0 Å². The van der Waals surface area contributed by atoms with Crippen molar-refractivity contribution in [2.45, 2.75) is 25.3 Å². The van der Waals surface area contributed by atoms with E-state index in [2.05, 4.69) is 17.6 Å². The van der Waals surface area contributed by atoms with Gasteiger partial charge in [-0.25, -0.2) is 4.79 Å². The van der Waals surface area contributed by atoms with E-state index < -0.39 is 11.6 Å². The summed E-state index contributed by atoms with van der Waals surface area (Å²) in [4.78, 5) is 23.4. The predicted molar refractivity (Wildman–Crippen MR) is 67.8 cm³/mol. The van der Waals surface area contributed by atoms with Crippen LogP contribution in [0.3, 0.4) is 0 Å². The highest BCUT2D eigenvalue weighted by Crippen LogP contribution is 2.28. The molecule has 1 fully saturated rings. The Kier molecular flexibility index (Phi) is 3.34. The van der Waals surface area contributed by atoms with E-state index in [1.54, 1.807) is 0 Å². The number of rotatable bonds is 4. The molecule has 1 aliphatic heterocycles. The molecule has 5 nitrogen and oxygen atoms in total. The Morgan fingerprint density at radius 3 is 2.33 bits per heavy atom. The van der Waals surface area contributed by atoms with Gasteiger partial charge in [-0.1, -0.05) is 31.2 Å². The molecule has 4 N–H and O–H groups in total. The van der Waals surface area contributed by atoms with Crippen molar-refractivity contribution >= 4 is 11.9 Å². The molecule has 2 rings (SSSR count). The van der Waals surface area contributed by atoms with Crippen LogP contribution in [0, 0.1) is 0 Å². The average Bonchev–Trinajstić information content (AvgIpc) is 2.66. The van der Waals surface area contributed by atoms with Crippen LogP contribution in [-0.2, 0) is 16.8 Å². The Morgan fingerprint density at radius 2 is 1.89 bits per heavy atom. The maximum Gasteiger partial charge on any atom is 0.322 e. The molecule has 1 aliphatic rings. The third kappa shape index (κ3) is 1.97. The van der Waals surface area contributed by atoms with Crippen LogP contribution in [0.2, 0.25) is 0 Å². The topological polar surface area (TPSA) is 84.2 Å². The summed E-state index contributed by atoms with van der Waals surface area (Å²) in [5, 5.41) is 4.97. The molecule has 0 bridgehead atoms. The first kappa shape index (κ1) is 12.6. The Bertz CT molecular complexity index is 470. The molecular formula is C13H17N3O2. The summed E-state index contributed by atoms with van der Waals surface area (Å²) < 4.78 is 0. The number of aryl methyl sites for hydroxylation is 1. The van der Waals surface area contributed by atoms with Gasteiger partial charge in [0.05, 0.1) is 0 Å². The van der Waals surface area contributed by atoms with Gasteiger partial charge in [-0.05, 0) is 30.5 Å². The summed E-state index contributed by atoms with van der Waals surface area (Å²) in [6, 6.07) is 7.21. The van der Waals surface area contributed by atoms with E-state index in [0.29, 0.717) is 13.0 Å². The van der Waals surface area contributed by atoms with Crippen LogP contribution in [0.5, 0.6) is 0 Å². The Morgan fingerprint density at radius 1 is 1.22 bits per heavy atom. The predicted octanol–water partition coefficient (Wildman–Crippen LogP) is 0.632. The van der Waals surface area contributed by atoms with Gasteiger partial charge < -0.3 is 11.1 Å². The molecule has 0 aromatic heterocycles. The quantitative estimate of drug-likeness (QED) is 0.682. The molecule has 1 unspecified atom stereocenters. The number of amides is 3. The summed E-state index contributed by atoms with van der Waals surface area (Å²) in [5.74, 6) is -0.331. The fourth-order valence-corrected chi connectivity index (χ4v) is 2.26. The summed E-state index contributed by atoms with van der Waals surface area (Å²) in [5.41, 5.74) is 6.51. The molecule has 0 saturated carbocycles. The molecule has 18 heavy (non-hydrogen) atoms. The zero-order valence-corrected chi connectivity index (χ0v) is 10.3. The number of nitrogens with one attached hydrogen (secondary N) is 2. The normalized spacial score (nSPS) is 22.8. The Balaban J connectivity index is 2.40. The molecule has 1 aromatic carbocycles. The van der Waals surface area contributed by atoms with E-state index in [1.165, 1.54) is 5.56 Å². The standard InChI is InChI=1S/C13H17N3O2/c1-2-9-3-5-10(6-4-9)13(7-8-14)11(17)15-12(18)16-13/h3-6H,2,7-8,14H2,1H3,(H2,15,16,17,18). The van der Waals surface area contributed by atoms with E-state index >= 15 is 0 Å². The lowest BCUT2D eigenvalue weighted by Crippen LogP contribution is -2.45. The first-order valence-electron chi connectivity index (χ1n) is 6.05. The SMILES string of the molecule is CCc1ccc(C2(CCN)NC(=O)NC2=O)cc1. The number of hydrogen-bond acceptors (Lipinski definition) is 3. The second-order valence-corrected chi connectivity index (χ2v) is 4.40. The number of carbonyl (C=O) groups is 2. The first-order chi connectivity index (χ1) is 8.62. The smallest absolute Gasteiger partial charge is 0.322 e. The summed E-state index contributed by atoms with van der Waals surface area (Å²) in [6.07, 6.45) is 1.32. The molecule has 1 saturated heterocycles. The molecular weight excluding hydrogens is 230 g/mol. The number of urea groups is 1. The van der Waals surface area contributed by atoms with Crippen molar-refractivity contribution in [3.8, 4) is 0 Å². The second kappa shape index (κ2) is 4.78. The summed E-state index contributed by atoms with van der Waals surface area (Å²) in [6.45, 7) is 2.39. The average molecular weight is 247 g/mol.